The van der Waals surface area contributed by atoms with Crippen LogP contribution in [0.25, 0.3) is 0 Å². The highest BCUT2D eigenvalue weighted by molar-refractivity contribution is 7.89. The lowest BCUT2D eigenvalue weighted by Crippen LogP contribution is -2.27. The summed E-state index contributed by atoms with van der Waals surface area (Å²) in [5.74, 6) is -0.844. The van der Waals surface area contributed by atoms with Gasteiger partial charge < -0.3 is 5.11 Å². The van der Waals surface area contributed by atoms with Gasteiger partial charge in [0.15, 0.2) is 0 Å². The lowest BCUT2D eigenvalue weighted by molar-refractivity contribution is 0.281. The molecule has 1 heterocycles. The van der Waals surface area contributed by atoms with Gasteiger partial charge in [-0.1, -0.05) is 6.07 Å². The molecule has 0 atom stereocenters. The van der Waals surface area contributed by atoms with E-state index >= 15 is 0 Å². The quantitative estimate of drug-likeness (QED) is 0.842. The van der Waals surface area contributed by atoms with E-state index < -0.39 is 20.7 Å². The zero-order valence-electron chi connectivity index (χ0n) is 10.4. The van der Waals surface area contributed by atoms with Gasteiger partial charge in [0, 0.05) is 18.3 Å². The Morgan fingerprint density at radius 1 is 1.40 bits per heavy atom. The van der Waals surface area contributed by atoms with Crippen LogP contribution in [-0.4, -0.2) is 25.1 Å². The molecule has 0 amide bonds. The highest BCUT2D eigenvalue weighted by Crippen LogP contribution is 2.16. The number of aliphatic hydroxyl groups is 1. The molecule has 2 rings (SSSR count). The fourth-order valence-electron chi connectivity index (χ4n) is 1.60. The lowest BCUT2D eigenvalue weighted by Gasteiger charge is -2.08. The molecule has 0 fully saturated rings. The number of aliphatic hydroxyl groups excluding tert-OH is 1. The maximum absolute atomic E-state index is 13.6. The predicted octanol–water partition coefficient (Wildman–Crippen LogP) is 1.30. The van der Waals surface area contributed by atoms with E-state index in [-0.39, 0.29) is 13.2 Å². The SMILES string of the molecule is O=S(=O)(NCCc1cscn1)c1cc(CO)ccc1F. The number of hydrogen-bond acceptors (Lipinski definition) is 5. The largest absolute Gasteiger partial charge is 0.392 e. The number of halogens is 1. The summed E-state index contributed by atoms with van der Waals surface area (Å²) in [4.78, 5) is 3.57. The maximum Gasteiger partial charge on any atom is 0.243 e. The Kier molecular flexibility index (Phi) is 4.81. The van der Waals surface area contributed by atoms with Gasteiger partial charge in [-0.25, -0.2) is 22.5 Å². The van der Waals surface area contributed by atoms with Gasteiger partial charge in [-0.3, -0.25) is 0 Å². The zero-order chi connectivity index (χ0) is 14.6. The number of benzene rings is 1. The van der Waals surface area contributed by atoms with E-state index in [1.54, 1.807) is 5.51 Å². The Labute approximate surface area is 120 Å². The van der Waals surface area contributed by atoms with Crippen LogP contribution in [0.15, 0.2) is 34.0 Å². The van der Waals surface area contributed by atoms with Crippen molar-refractivity contribution >= 4 is 21.4 Å². The Morgan fingerprint density at radius 3 is 2.85 bits per heavy atom. The molecule has 0 saturated heterocycles. The van der Waals surface area contributed by atoms with Crippen molar-refractivity contribution in [2.75, 3.05) is 6.54 Å². The normalized spacial score (nSPS) is 11.7. The van der Waals surface area contributed by atoms with Gasteiger partial charge >= 0.3 is 0 Å². The van der Waals surface area contributed by atoms with Crippen molar-refractivity contribution in [3.8, 4) is 0 Å². The Balaban J connectivity index is 2.09. The molecular weight excluding hydrogens is 303 g/mol. The van der Waals surface area contributed by atoms with Gasteiger partial charge in [0.2, 0.25) is 10.0 Å². The number of nitrogens with zero attached hydrogens (tertiary/aromatic N) is 1. The van der Waals surface area contributed by atoms with E-state index in [0.29, 0.717) is 12.0 Å². The molecule has 0 saturated carbocycles. The molecule has 5 nitrogen and oxygen atoms in total. The minimum Gasteiger partial charge on any atom is -0.392 e. The Hall–Kier alpha value is -1.35. The van der Waals surface area contributed by atoms with Crippen molar-refractivity contribution < 1.29 is 17.9 Å². The first-order valence-corrected chi connectivity index (χ1v) is 8.21. The van der Waals surface area contributed by atoms with Crippen molar-refractivity contribution in [2.24, 2.45) is 0 Å². The number of nitrogens with one attached hydrogen (secondary N) is 1. The van der Waals surface area contributed by atoms with Crippen molar-refractivity contribution in [3.63, 3.8) is 0 Å². The predicted molar refractivity (Wildman–Crippen MR) is 73.3 cm³/mol. The van der Waals surface area contributed by atoms with Crippen molar-refractivity contribution in [3.05, 3.63) is 46.2 Å². The molecule has 20 heavy (non-hydrogen) atoms. The minimum atomic E-state index is -3.94. The highest BCUT2D eigenvalue weighted by Gasteiger charge is 2.19. The summed E-state index contributed by atoms with van der Waals surface area (Å²) in [6.07, 6.45) is 0.435. The Bertz CT molecular complexity index is 672. The van der Waals surface area contributed by atoms with Crippen LogP contribution in [0.5, 0.6) is 0 Å². The van der Waals surface area contributed by atoms with Gasteiger partial charge in [0.1, 0.15) is 10.7 Å². The summed E-state index contributed by atoms with van der Waals surface area (Å²) in [5, 5.41) is 10.8. The fraction of sp³-hybridized carbons (Fsp3) is 0.250. The van der Waals surface area contributed by atoms with Crippen LogP contribution < -0.4 is 4.72 Å². The first-order chi connectivity index (χ1) is 9.53. The molecule has 0 aliphatic rings. The van der Waals surface area contributed by atoms with Crippen molar-refractivity contribution in [2.45, 2.75) is 17.9 Å². The van der Waals surface area contributed by atoms with Gasteiger partial charge in [0.25, 0.3) is 0 Å². The third-order valence-electron chi connectivity index (χ3n) is 2.62. The maximum atomic E-state index is 13.6. The third kappa shape index (κ3) is 3.60. The number of thiazole rings is 1. The van der Waals surface area contributed by atoms with Gasteiger partial charge in [-0.2, -0.15) is 0 Å². The second-order valence-electron chi connectivity index (χ2n) is 4.05. The van der Waals surface area contributed by atoms with Gasteiger partial charge in [0.05, 0.1) is 17.8 Å². The topological polar surface area (TPSA) is 79.3 Å². The molecule has 0 bridgehead atoms. The number of rotatable bonds is 6. The van der Waals surface area contributed by atoms with Crippen LogP contribution in [0, 0.1) is 5.82 Å². The molecule has 108 valence electrons. The minimum absolute atomic E-state index is 0.134. The van der Waals surface area contributed by atoms with E-state index in [9.17, 15) is 12.8 Å². The summed E-state index contributed by atoms with van der Waals surface area (Å²) < 4.78 is 39.9. The average Bonchev–Trinajstić information content (AvgIpc) is 2.92. The summed E-state index contributed by atoms with van der Waals surface area (Å²) in [6.45, 7) is -0.212. The second-order valence-corrected chi connectivity index (χ2v) is 6.50. The molecule has 2 aromatic rings. The van der Waals surface area contributed by atoms with E-state index in [1.807, 2.05) is 5.38 Å². The summed E-state index contributed by atoms with van der Waals surface area (Å²) in [5.41, 5.74) is 2.78. The van der Waals surface area contributed by atoms with Crippen LogP contribution >= 0.6 is 11.3 Å². The zero-order valence-corrected chi connectivity index (χ0v) is 12.0. The molecule has 2 N–H and O–H groups in total. The summed E-state index contributed by atoms with van der Waals surface area (Å²) in [7, 11) is -3.94. The molecule has 0 unspecified atom stereocenters. The smallest absolute Gasteiger partial charge is 0.243 e. The molecule has 0 aliphatic carbocycles. The fourth-order valence-corrected chi connectivity index (χ4v) is 3.35. The second kappa shape index (κ2) is 6.40. The first-order valence-electron chi connectivity index (χ1n) is 5.79. The third-order valence-corrected chi connectivity index (χ3v) is 4.74. The molecular formula is C12H13FN2O3S2. The first kappa shape index (κ1) is 15.0. The molecule has 0 radical (unpaired) electrons. The van der Waals surface area contributed by atoms with E-state index in [2.05, 4.69) is 9.71 Å². The number of sulfonamides is 1. The van der Waals surface area contributed by atoms with Crippen molar-refractivity contribution in [1.29, 1.82) is 0 Å². The molecule has 0 aliphatic heterocycles. The monoisotopic (exact) mass is 316 g/mol. The lowest BCUT2D eigenvalue weighted by atomic mass is 10.2. The van der Waals surface area contributed by atoms with Gasteiger partial charge in [-0.15, -0.1) is 11.3 Å². The number of hydrogen-bond donors (Lipinski definition) is 2. The Morgan fingerprint density at radius 2 is 2.20 bits per heavy atom. The van der Waals surface area contributed by atoms with Crippen LogP contribution in [0.1, 0.15) is 11.3 Å². The molecule has 1 aromatic carbocycles. The summed E-state index contributed by atoms with van der Waals surface area (Å²) in [6, 6.07) is 3.49. The van der Waals surface area contributed by atoms with E-state index in [0.717, 1.165) is 17.8 Å². The van der Waals surface area contributed by atoms with E-state index in [4.69, 9.17) is 5.11 Å². The van der Waals surface area contributed by atoms with Crippen LogP contribution in [0.4, 0.5) is 4.39 Å². The number of aromatic nitrogens is 1. The van der Waals surface area contributed by atoms with Crippen molar-refractivity contribution in [1.82, 2.24) is 9.71 Å². The summed E-state index contributed by atoms with van der Waals surface area (Å²) >= 11 is 1.43. The average molecular weight is 316 g/mol. The molecule has 1 aromatic heterocycles. The highest BCUT2D eigenvalue weighted by atomic mass is 32.2. The van der Waals surface area contributed by atoms with Crippen LogP contribution in [-0.2, 0) is 23.1 Å². The standard InChI is InChI=1S/C12H13FN2O3S2/c13-11-2-1-9(6-16)5-12(11)20(17,18)15-4-3-10-7-19-8-14-10/h1-2,5,7-8,15-16H,3-4,6H2. The molecule has 0 spiro atoms. The van der Waals surface area contributed by atoms with Crippen LogP contribution in [0.3, 0.4) is 0 Å². The van der Waals surface area contributed by atoms with Crippen LogP contribution in [0.2, 0.25) is 0 Å². The van der Waals surface area contributed by atoms with E-state index in [1.165, 1.54) is 17.4 Å². The van der Waals surface area contributed by atoms with Gasteiger partial charge in [-0.05, 0) is 17.7 Å². The molecule has 8 heteroatoms.